The Bertz CT molecular complexity index is 542. The van der Waals surface area contributed by atoms with Crippen LogP contribution >= 0.6 is 11.6 Å². The van der Waals surface area contributed by atoms with E-state index in [0.29, 0.717) is 21.7 Å². The van der Waals surface area contributed by atoms with Crippen molar-refractivity contribution in [1.82, 2.24) is 4.98 Å². The van der Waals surface area contributed by atoms with Crippen LogP contribution in [0.25, 0.3) is 10.9 Å². The second kappa shape index (κ2) is 4.26. The molecular weight excluding hydrogens is 229 g/mol. The van der Waals surface area contributed by atoms with Crippen LogP contribution in [0.4, 0.5) is 4.39 Å². The van der Waals surface area contributed by atoms with E-state index in [2.05, 4.69) is 4.98 Å². The number of hydrogen-bond acceptors (Lipinski definition) is 2. The molecule has 0 unspecified atom stereocenters. The van der Waals surface area contributed by atoms with Crippen LogP contribution in [0.15, 0.2) is 18.2 Å². The van der Waals surface area contributed by atoms with E-state index in [0.717, 1.165) is 12.1 Å². The molecule has 0 saturated heterocycles. The number of ether oxygens (including phenoxy) is 1. The number of methoxy groups -OCH3 is 1. The highest BCUT2D eigenvalue weighted by Gasteiger charge is 2.10. The number of halogens is 2. The largest absolute Gasteiger partial charge is 0.494 e. The Morgan fingerprint density at radius 2 is 2.12 bits per heavy atom. The Labute approximate surface area is 98.0 Å². The van der Waals surface area contributed by atoms with Gasteiger partial charge in [0, 0.05) is 17.1 Å². The minimum absolute atomic E-state index is 0.378. The predicted molar refractivity (Wildman–Crippen MR) is 62.6 cm³/mol. The van der Waals surface area contributed by atoms with Gasteiger partial charge in [0.15, 0.2) is 0 Å². The molecule has 1 aromatic carbocycles. The van der Waals surface area contributed by atoms with Gasteiger partial charge in [-0.25, -0.2) is 9.37 Å². The van der Waals surface area contributed by atoms with Gasteiger partial charge < -0.3 is 4.74 Å². The van der Waals surface area contributed by atoms with Crippen LogP contribution in [0.2, 0.25) is 5.02 Å². The highest BCUT2D eigenvalue weighted by molar-refractivity contribution is 6.35. The van der Waals surface area contributed by atoms with Crippen molar-refractivity contribution in [3.63, 3.8) is 0 Å². The lowest BCUT2D eigenvalue weighted by molar-refractivity contribution is 0.415. The van der Waals surface area contributed by atoms with Crippen molar-refractivity contribution in [2.75, 3.05) is 7.11 Å². The van der Waals surface area contributed by atoms with E-state index in [1.54, 1.807) is 6.07 Å². The van der Waals surface area contributed by atoms with Gasteiger partial charge in [0.2, 0.25) is 0 Å². The summed E-state index contributed by atoms with van der Waals surface area (Å²) in [5.41, 5.74) is 1.47. The van der Waals surface area contributed by atoms with Crippen LogP contribution in [0.3, 0.4) is 0 Å². The van der Waals surface area contributed by atoms with Crippen molar-refractivity contribution in [3.8, 4) is 5.75 Å². The maximum Gasteiger partial charge on any atom is 0.148 e. The number of aromatic nitrogens is 1. The summed E-state index contributed by atoms with van der Waals surface area (Å²) in [6.45, 7) is 1.99. The molecule has 84 valence electrons. The third-order valence-corrected chi connectivity index (χ3v) is 2.74. The molecule has 16 heavy (non-hydrogen) atoms. The van der Waals surface area contributed by atoms with E-state index in [1.807, 2.05) is 6.92 Å². The van der Waals surface area contributed by atoms with Crippen LogP contribution in [-0.4, -0.2) is 12.1 Å². The van der Waals surface area contributed by atoms with E-state index in [-0.39, 0.29) is 5.82 Å². The lowest BCUT2D eigenvalue weighted by atomic mass is 10.1. The number of fused-ring (bicyclic) bond motifs is 1. The maximum absolute atomic E-state index is 13.3. The fourth-order valence-corrected chi connectivity index (χ4v) is 1.88. The highest BCUT2D eigenvalue weighted by Crippen LogP contribution is 2.31. The molecular formula is C12H11ClFNO. The normalized spacial score (nSPS) is 10.8. The molecule has 0 aliphatic carbocycles. The number of aryl methyl sites for hydroxylation is 1. The van der Waals surface area contributed by atoms with Gasteiger partial charge in [-0.1, -0.05) is 18.5 Å². The summed E-state index contributed by atoms with van der Waals surface area (Å²) in [7, 11) is 1.49. The van der Waals surface area contributed by atoms with E-state index in [1.165, 1.54) is 19.2 Å². The van der Waals surface area contributed by atoms with Gasteiger partial charge in [0.05, 0.1) is 12.1 Å². The molecule has 0 fully saturated rings. The average molecular weight is 240 g/mol. The summed E-state index contributed by atoms with van der Waals surface area (Å²) in [6, 6.07) is 4.43. The zero-order chi connectivity index (χ0) is 11.7. The Kier molecular flexibility index (Phi) is 2.97. The van der Waals surface area contributed by atoms with Crippen molar-refractivity contribution < 1.29 is 9.13 Å². The molecule has 0 atom stereocenters. The Morgan fingerprint density at radius 1 is 1.38 bits per heavy atom. The molecule has 0 amide bonds. The van der Waals surface area contributed by atoms with Gasteiger partial charge in [-0.2, -0.15) is 0 Å². The molecule has 2 aromatic rings. The summed E-state index contributed by atoms with van der Waals surface area (Å²) in [6.07, 6.45) is 0.774. The number of benzene rings is 1. The van der Waals surface area contributed by atoms with Crippen LogP contribution < -0.4 is 4.74 Å². The van der Waals surface area contributed by atoms with Crippen LogP contribution in [0.5, 0.6) is 5.75 Å². The maximum atomic E-state index is 13.3. The van der Waals surface area contributed by atoms with Crippen molar-refractivity contribution in [3.05, 3.63) is 34.7 Å². The molecule has 4 heteroatoms. The van der Waals surface area contributed by atoms with Gasteiger partial charge in [-0.3, -0.25) is 0 Å². The smallest absolute Gasteiger partial charge is 0.148 e. The molecule has 1 heterocycles. The van der Waals surface area contributed by atoms with E-state index >= 15 is 0 Å². The first-order chi connectivity index (χ1) is 7.65. The molecule has 0 aliphatic heterocycles. The summed E-state index contributed by atoms with van der Waals surface area (Å²) in [5, 5.41) is 1.08. The lowest BCUT2D eigenvalue weighted by Gasteiger charge is -2.08. The topological polar surface area (TPSA) is 22.1 Å². The zero-order valence-corrected chi connectivity index (χ0v) is 9.81. The fourth-order valence-electron chi connectivity index (χ4n) is 1.61. The van der Waals surface area contributed by atoms with Crippen LogP contribution in [0, 0.1) is 5.82 Å². The minimum Gasteiger partial charge on any atom is -0.494 e. The second-order valence-corrected chi connectivity index (χ2v) is 3.86. The van der Waals surface area contributed by atoms with Gasteiger partial charge in [0.1, 0.15) is 17.1 Å². The summed E-state index contributed by atoms with van der Waals surface area (Å²) in [5.74, 6) is 0.0319. The fraction of sp³-hybridized carbons (Fsp3) is 0.250. The Hall–Kier alpha value is -1.35. The van der Waals surface area contributed by atoms with Crippen LogP contribution in [-0.2, 0) is 6.42 Å². The van der Waals surface area contributed by atoms with Gasteiger partial charge in [0.25, 0.3) is 0 Å². The van der Waals surface area contributed by atoms with Crippen molar-refractivity contribution in [2.24, 2.45) is 0 Å². The molecule has 2 nitrogen and oxygen atoms in total. The Morgan fingerprint density at radius 3 is 2.75 bits per heavy atom. The molecule has 2 rings (SSSR count). The Balaban J connectivity index is 2.83. The molecule has 0 bridgehead atoms. The van der Waals surface area contributed by atoms with Gasteiger partial charge in [-0.05, 0) is 18.6 Å². The standard InChI is InChI=1S/C12H11ClFNO/c1-3-8-6-10(13)9-4-7(14)5-11(16-2)12(9)15-8/h4-6H,3H2,1-2H3. The zero-order valence-electron chi connectivity index (χ0n) is 9.05. The molecule has 0 N–H and O–H groups in total. The van der Waals surface area contributed by atoms with Gasteiger partial charge in [-0.15, -0.1) is 0 Å². The molecule has 0 aliphatic rings. The summed E-state index contributed by atoms with van der Waals surface area (Å²) >= 11 is 6.08. The molecule has 0 saturated carbocycles. The average Bonchev–Trinajstić information content (AvgIpc) is 2.28. The summed E-state index contributed by atoms with van der Waals surface area (Å²) in [4.78, 5) is 4.39. The molecule has 1 aromatic heterocycles. The number of pyridine rings is 1. The SMILES string of the molecule is CCc1cc(Cl)c2cc(F)cc(OC)c2n1. The van der Waals surface area contributed by atoms with Crippen molar-refractivity contribution in [2.45, 2.75) is 13.3 Å². The highest BCUT2D eigenvalue weighted by atomic mass is 35.5. The minimum atomic E-state index is -0.378. The second-order valence-electron chi connectivity index (χ2n) is 3.45. The van der Waals surface area contributed by atoms with E-state index in [4.69, 9.17) is 16.3 Å². The monoisotopic (exact) mass is 239 g/mol. The first-order valence-corrected chi connectivity index (χ1v) is 5.36. The quantitative estimate of drug-likeness (QED) is 0.799. The van der Waals surface area contributed by atoms with E-state index < -0.39 is 0 Å². The van der Waals surface area contributed by atoms with Crippen LogP contribution in [0.1, 0.15) is 12.6 Å². The number of rotatable bonds is 2. The predicted octanol–water partition coefficient (Wildman–Crippen LogP) is 3.60. The molecule has 0 radical (unpaired) electrons. The summed E-state index contributed by atoms with van der Waals surface area (Å²) < 4.78 is 18.4. The third kappa shape index (κ3) is 1.83. The van der Waals surface area contributed by atoms with Crippen molar-refractivity contribution >= 4 is 22.5 Å². The van der Waals surface area contributed by atoms with Gasteiger partial charge >= 0.3 is 0 Å². The first-order valence-electron chi connectivity index (χ1n) is 4.98. The van der Waals surface area contributed by atoms with E-state index in [9.17, 15) is 4.39 Å². The first kappa shape index (κ1) is 11.1. The number of hydrogen-bond donors (Lipinski definition) is 0. The number of nitrogens with zero attached hydrogens (tertiary/aromatic N) is 1. The molecule has 0 spiro atoms. The van der Waals surface area contributed by atoms with Crippen molar-refractivity contribution in [1.29, 1.82) is 0 Å². The lowest BCUT2D eigenvalue weighted by Crippen LogP contribution is -1.94. The third-order valence-electron chi connectivity index (χ3n) is 2.43.